The van der Waals surface area contributed by atoms with Gasteiger partial charge in [-0.1, -0.05) is 0 Å². The summed E-state index contributed by atoms with van der Waals surface area (Å²) in [6.45, 7) is 4.86. The lowest BCUT2D eigenvalue weighted by Gasteiger charge is -2.30. The predicted molar refractivity (Wildman–Crippen MR) is 70.0 cm³/mol. The molecule has 0 saturated carbocycles. The van der Waals surface area contributed by atoms with Crippen LogP contribution in [0.1, 0.15) is 20.8 Å². The fourth-order valence-corrected chi connectivity index (χ4v) is 1.11. The molecule has 0 fully saturated rings. The summed E-state index contributed by atoms with van der Waals surface area (Å²) >= 11 is 0. The van der Waals surface area contributed by atoms with Crippen molar-refractivity contribution in [1.29, 1.82) is 15.8 Å². The summed E-state index contributed by atoms with van der Waals surface area (Å²) in [7, 11) is 0. The first-order valence-corrected chi connectivity index (χ1v) is 6.19. The molecule has 0 saturated heterocycles. The van der Waals surface area contributed by atoms with Crippen molar-refractivity contribution in [2.75, 3.05) is 19.8 Å². The van der Waals surface area contributed by atoms with E-state index in [2.05, 4.69) is 0 Å². The molecule has 0 aliphatic rings. The van der Waals surface area contributed by atoms with Gasteiger partial charge in [-0.3, -0.25) is 0 Å². The molecule has 0 amide bonds. The number of rotatable bonds is 9. The minimum absolute atomic E-state index is 0.0258. The van der Waals surface area contributed by atoms with Crippen molar-refractivity contribution >= 4 is 0 Å². The van der Waals surface area contributed by atoms with Crippen LogP contribution in [0.15, 0.2) is 0 Å². The number of ether oxygens (including phenoxy) is 3. The minimum Gasteiger partial charge on any atom is -0.361 e. The molecule has 7 heteroatoms. The summed E-state index contributed by atoms with van der Waals surface area (Å²) in [4.78, 5) is 0. The first kappa shape index (κ1) is 18.3. The van der Waals surface area contributed by atoms with E-state index >= 15 is 0 Å². The highest BCUT2D eigenvalue weighted by Crippen LogP contribution is 2.09. The highest BCUT2D eigenvalue weighted by molar-refractivity contribution is 4.90. The van der Waals surface area contributed by atoms with Gasteiger partial charge in [-0.2, -0.15) is 15.8 Å². The SMILES string of the molecule is CC(C#N)OCC(N)(COC(C)C#N)COC(C)C#N. The Morgan fingerprint density at radius 2 is 1.05 bits per heavy atom. The molecule has 0 spiro atoms. The van der Waals surface area contributed by atoms with E-state index in [0.717, 1.165) is 0 Å². The molecule has 0 aliphatic heterocycles. The summed E-state index contributed by atoms with van der Waals surface area (Å²) in [5.41, 5.74) is 5.08. The topological polar surface area (TPSA) is 125 Å². The van der Waals surface area contributed by atoms with E-state index in [1.807, 2.05) is 18.2 Å². The predicted octanol–water partition coefficient (Wildman–Crippen LogP) is 0.470. The molecule has 0 heterocycles. The average Bonchev–Trinajstić information content (AvgIpc) is 2.47. The minimum atomic E-state index is -1.03. The Hall–Kier alpha value is -1.69. The van der Waals surface area contributed by atoms with Crippen LogP contribution in [0.2, 0.25) is 0 Å². The zero-order chi connectivity index (χ0) is 15.6. The molecule has 20 heavy (non-hydrogen) atoms. The largest absolute Gasteiger partial charge is 0.361 e. The fourth-order valence-electron chi connectivity index (χ4n) is 1.11. The molecule has 7 nitrogen and oxygen atoms in total. The van der Waals surface area contributed by atoms with Gasteiger partial charge in [-0.05, 0) is 20.8 Å². The summed E-state index contributed by atoms with van der Waals surface area (Å²) in [5.74, 6) is 0. The van der Waals surface area contributed by atoms with Gasteiger partial charge in [-0.15, -0.1) is 0 Å². The summed E-state index contributed by atoms with van der Waals surface area (Å²) in [6.07, 6.45) is -1.83. The van der Waals surface area contributed by atoms with Crippen molar-refractivity contribution in [3.8, 4) is 18.2 Å². The van der Waals surface area contributed by atoms with Crippen LogP contribution in [-0.4, -0.2) is 43.7 Å². The van der Waals surface area contributed by atoms with Crippen LogP contribution in [-0.2, 0) is 14.2 Å². The maximum atomic E-state index is 8.68. The van der Waals surface area contributed by atoms with E-state index in [-0.39, 0.29) is 19.8 Å². The normalized spacial score (nSPS) is 17.9. The molecule has 0 aromatic carbocycles. The lowest BCUT2D eigenvalue weighted by atomic mass is 10.1. The second-order valence-corrected chi connectivity index (χ2v) is 4.61. The smallest absolute Gasteiger partial charge is 0.141 e. The third-order valence-electron chi connectivity index (χ3n) is 2.41. The highest BCUT2D eigenvalue weighted by Gasteiger charge is 2.29. The van der Waals surface area contributed by atoms with Crippen LogP contribution < -0.4 is 5.73 Å². The van der Waals surface area contributed by atoms with Gasteiger partial charge in [0, 0.05) is 0 Å². The molecule has 0 bridgehead atoms. The Morgan fingerprint density at radius 1 is 0.800 bits per heavy atom. The third kappa shape index (κ3) is 7.68. The van der Waals surface area contributed by atoms with E-state index in [1.54, 1.807) is 20.8 Å². The monoisotopic (exact) mass is 280 g/mol. The van der Waals surface area contributed by atoms with E-state index in [0.29, 0.717) is 0 Å². The molecule has 3 unspecified atom stereocenters. The van der Waals surface area contributed by atoms with Gasteiger partial charge < -0.3 is 19.9 Å². The van der Waals surface area contributed by atoms with Crippen molar-refractivity contribution in [1.82, 2.24) is 0 Å². The van der Waals surface area contributed by atoms with Crippen LogP contribution in [0.5, 0.6) is 0 Å². The highest BCUT2D eigenvalue weighted by atomic mass is 16.5. The molecular weight excluding hydrogens is 260 g/mol. The lowest BCUT2D eigenvalue weighted by Crippen LogP contribution is -2.54. The molecule has 2 N–H and O–H groups in total. The van der Waals surface area contributed by atoms with Gasteiger partial charge in [0.1, 0.15) is 18.3 Å². The van der Waals surface area contributed by atoms with Crippen molar-refractivity contribution in [3.05, 3.63) is 0 Å². The Bertz CT molecular complexity index is 347. The Morgan fingerprint density at radius 3 is 1.25 bits per heavy atom. The maximum absolute atomic E-state index is 8.68. The van der Waals surface area contributed by atoms with Gasteiger partial charge >= 0.3 is 0 Å². The molecule has 110 valence electrons. The molecule has 0 aromatic heterocycles. The summed E-state index contributed by atoms with van der Waals surface area (Å²) < 4.78 is 15.8. The summed E-state index contributed by atoms with van der Waals surface area (Å²) in [5, 5.41) is 26.0. The lowest BCUT2D eigenvalue weighted by molar-refractivity contribution is -0.0447. The van der Waals surface area contributed by atoms with Crippen molar-refractivity contribution < 1.29 is 14.2 Å². The van der Waals surface area contributed by atoms with Gasteiger partial charge in [0.2, 0.25) is 0 Å². The molecule has 0 rings (SSSR count). The average molecular weight is 280 g/mol. The third-order valence-corrected chi connectivity index (χ3v) is 2.41. The van der Waals surface area contributed by atoms with Crippen molar-refractivity contribution in [2.24, 2.45) is 5.73 Å². The number of hydrogen-bond donors (Lipinski definition) is 1. The van der Waals surface area contributed by atoms with E-state index in [1.165, 1.54) is 0 Å². The van der Waals surface area contributed by atoms with Gasteiger partial charge in [-0.25, -0.2) is 0 Å². The number of nitrogens with zero attached hydrogens (tertiary/aromatic N) is 3. The van der Waals surface area contributed by atoms with Crippen LogP contribution in [0.4, 0.5) is 0 Å². The van der Waals surface area contributed by atoms with Crippen LogP contribution in [0, 0.1) is 34.0 Å². The van der Waals surface area contributed by atoms with Gasteiger partial charge in [0.05, 0.1) is 43.6 Å². The van der Waals surface area contributed by atoms with Crippen LogP contribution >= 0.6 is 0 Å². The second kappa shape index (κ2) is 9.25. The fraction of sp³-hybridized carbons (Fsp3) is 0.769. The molecule has 0 aliphatic carbocycles. The second-order valence-electron chi connectivity index (χ2n) is 4.61. The Balaban J connectivity index is 4.54. The Labute approximate surface area is 119 Å². The molecule has 0 aromatic rings. The van der Waals surface area contributed by atoms with Crippen LogP contribution in [0.3, 0.4) is 0 Å². The van der Waals surface area contributed by atoms with Gasteiger partial charge in [0.25, 0.3) is 0 Å². The first-order valence-electron chi connectivity index (χ1n) is 6.19. The zero-order valence-electron chi connectivity index (χ0n) is 12.0. The number of nitriles is 3. The van der Waals surface area contributed by atoms with E-state index in [4.69, 9.17) is 35.7 Å². The number of hydrogen-bond acceptors (Lipinski definition) is 7. The molecule has 3 atom stereocenters. The Kier molecular flexibility index (Phi) is 8.47. The van der Waals surface area contributed by atoms with E-state index in [9.17, 15) is 0 Å². The van der Waals surface area contributed by atoms with Gasteiger partial charge in [0.15, 0.2) is 0 Å². The molecule has 0 radical (unpaired) electrons. The van der Waals surface area contributed by atoms with Crippen molar-refractivity contribution in [2.45, 2.75) is 44.6 Å². The van der Waals surface area contributed by atoms with E-state index < -0.39 is 23.9 Å². The first-order chi connectivity index (χ1) is 9.36. The van der Waals surface area contributed by atoms with Crippen molar-refractivity contribution in [3.63, 3.8) is 0 Å². The summed E-state index contributed by atoms with van der Waals surface area (Å²) in [6, 6.07) is 5.78. The number of nitrogens with two attached hydrogens (primary N) is 1. The quantitative estimate of drug-likeness (QED) is 0.650. The van der Waals surface area contributed by atoms with Crippen LogP contribution in [0.25, 0.3) is 0 Å². The molecular formula is C13H20N4O3. The standard InChI is InChI=1S/C13H20N4O3/c1-10(4-14)18-7-13(17,8-19-11(2)5-15)9-20-12(3)6-16/h10-12H,7-9,17H2,1-3H3. The maximum Gasteiger partial charge on any atom is 0.141 e. The zero-order valence-corrected chi connectivity index (χ0v) is 12.0.